The normalized spacial score (nSPS) is 12.8. The molecule has 0 amide bonds. The van der Waals surface area contributed by atoms with Crippen LogP contribution in [0.2, 0.25) is 0 Å². The highest BCUT2D eigenvalue weighted by molar-refractivity contribution is 5.03. The van der Waals surface area contributed by atoms with Gasteiger partial charge < -0.3 is 19.1 Å². The largest absolute Gasteiger partial charge is 0.462 e. The lowest BCUT2D eigenvalue weighted by atomic mass is 10.4. The van der Waals surface area contributed by atoms with Gasteiger partial charge in [0.2, 0.25) is 0 Å². The smallest absolute Gasteiger partial charge is 0.284 e. The molecular formula is C7H11NO4. The quantitative estimate of drug-likeness (QED) is 0.608. The molecule has 0 spiro atoms. The molecule has 0 aliphatic carbocycles. The van der Waals surface area contributed by atoms with E-state index in [0.29, 0.717) is 5.95 Å². The zero-order valence-corrected chi connectivity index (χ0v) is 6.47. The van der Waals surface area contributed by atoms with E-state index in [1.165, 1.54) is 6.26 Å². The van der Waals surface area contributed by atoms with Crippen molar-refractivity contribution in [1.82, 2.24) is 0 Å². The molecule has 0 radical (unpaired) electrons. The highest BCUT2D eigenvalue weighted by Gasteiger charge is 2.05. The fraction of sp³-hybridized carbons (Fsp3) is 0.429. The van der Waals surface area contributed by atoms with Gasteiger partial charge in [-0.1, -0.05) is 0 Å². The van der Waals surface area contributed by atoms with Crippen molar-refractivity contribution >= 4 is 0 Å². The third-order valence-electron chi connectivity index (χ3n) is 1.20. The summed E-state index contributed by atoms with van der Waals surface area (Å²) < 4.78 is 9.86. The molecule has 1 aromatic rings. The molecule has 3 N–H and O–H groups in total. The standard InChI is InChI=1S/C7H11NO4/c8-12-5-6(9)4-11-7-2-1-3-10-7/h1-3,6,9H,4-5,8H2/t6-/m0/s1. The van der Waals surface area contributed by atoms with Crippen LogP contribution >= 0.6 is 0 Å². The van der Waals surface area contributed by atoms with E-state index in [-0.39, 0.29) is 13.2 Å². The first kappa shape index (κ1) is 9.05. The third kappa shape index (κ3) is 2.91. The van der Waals surface area contributed by atoms with Gasteiger partial charge in [0, 0.05) is 6.07 Å². The second-order valence-corrected chi connectivity index (χ2v) is 2.23. The maximum atomic E-state index is 9.08. The SMILES string of the molecule is NOC[C@@H](O)COc1ccco1. The molecule has 0 aromatic carbocycles. The lowest BCUT2D eigenvalue weighted by Gasteiger charge is -2.08. The van der Waals surface area contributed by atoms with Gasteiger partial charge in [-0.2, -0.15) is 0 Å². The third-order valence-corrected chi connectivity index (χ3v) is 1.20. The second-order valence-electron chi connectivity index (χ2n) is 2.23. The fourth-order valence-electron chi connectivity index (χ4n) is 0.683. The van der Waals surface area contributed by atoms with E-state index in [0.717, 1.165) is 0 Å². The van der Waals surface area contributed by atoms with E-state index in [1.807, 2.05) is 0 Å². The number of hydrogen-bond donors (Lipinski definition) is 2. The van der Waals surface area contributed by atoms with Crippen molar-refractivity contribution in [3.05, 3.63) is 18.4 Å². The minimum atomic E-state index is -0.736. The summed E-state index contributed by atoms with van der Waals surface area (Å²) in [6.45, 7) is 0.144. The van der Waals surface area contributed by atoms with E-state index in [9.17, 15) is 0 Å². The summed E-state index contributed by atoms with van der Waals surface area (Å²) in [7, 11) is 0. The first-order valence-electron chi connectivity index (χ1n) is 3.49. The Kier molecular flexibility index (Phi) is 3.59. The molecule has 0 saturated heterocycles. The lowest BCUT2D eigenvalue weighted by molar-refractivity contribution is 0.00693. The van der Waals surface area contributed by atoms with Crippen molar-refractivity contribution in [3.63, 3.8) is 0 Å². The number of rotatable bonds is 5. The van der Waals surface area contributed by atoms with Gasteiger partial charge >= 0.3 is 0 Å². The predicted molar refractivity (Wildman–Crippen MR) is 40.3 cm³/mol. The van der Waals surface area contributed by atoms with E-state index >= 15 is 0 Å². The van der Waals surface area contributed by atoms with Gasteiger partial charge in [-0.3, -0.25) is 0 Å². The van der Waals surface area contributed by atoms with Crippen molar-refractivity contribution in [2.75, 3.05) is 13.2 Å². The molecule has 0 fully saturated rings. The topological polar surface area (TPSA) is 77.9 Å². The van der Waals surface area contributed by atoms with Crippen LogP contribution in [0.1, 0.15) is 0 Å². The second kappa shape index (κ2) is 4.76. The summed E-state index contributed by atoms with van der Waals surface area (Å²) in [5.74, 6) is 5.11. The van der Waals surface area contributed by atoms with Gasteiger partial charge in [-0.25, -0.2) is 5.90 Å². The Balaban J connectivity index is 2.17. The molecule has 68 valence electrons. The molecule has 5 heteroatoms. The zero-order chi connectivity index (χ0) is 8.81. The van der Waals surface area contributed by atoms with Crippen molar-refractivity contribution < 1.29 is 19.1 Å². The van der Waals surface area contributed by atoms with Crippen LogP contribution in [0.4, 0.5) is 0 Å². The number of aliphatic hydroxyl groups is 1. The highest BCUT2D eigenvalue weighted by atomic mass is 16.6. The first-order chi connectivity index (χ1) is 5.83. The van der Waals surface area contributed by atoms with Crippen LogP contribution in [0.25, 0.3) is 0 Å². The Hall–Kier alpha value is -1.04. The molecule has 0 bridgehead atoms. The summed E-state index contributed by atoms with van der Waals surface area (Å²) in [5.41, 5.74) is 0. The summed E-state index contributed by atoms with van der Waals surface area (Å²) in [6.07, 6.45) is 0.751. The van der Waals surface area contributed by atoms with Crippen molar-refractivity contribution in [2.45, 2.75) is 6.10 Å². The molecule has 5 nitrogen and oxygen atoms in total. The Morgan fingerprint density at radius 1 is 1.58 bits per heavy atom. The van der Waals surface area contributed by atoms with Crippen LogP contribution in [0.3, 0.4) is 0 Å². The molecule has 1 heterocycles. The summed E-state index contributed by atoms with van der Waals surface area (Å²) in [4.78, 5) is 4.21. The van der Waals surface area contributed by atoms with E-state index in [1.54, 1.807) is 12.1 Å². The lowest BCUT2D eigenvalue weighted by Crippen LogP contribution is -2.24. The Morgan fingerprint density at radius 3 is 3.00 bits per heavy atom. The molecule has 1 aromatic heterocycles. The summed E-state index contributed by atoms with van der Waals surface area (Å²) in [6, 6.07) is 3.34. The number of furan rings is 1. The zero-order valence-electron chi connectivity index (χ0n) is 6.47. The van der Waals surface area contributed by atoms with Crippen LogP contribution in [0, 0.1) is 0 Å². The number of aliphatic hydroxyl groups excluding tert-OH is 1. The Morgan fingerprint density at radius 2 is 2.42 bits per heavy atom. The average molecular weight is 173 g/mol. The van der Waals surface area contributed by atoms with E-state index in [4.69, 9.17) is 20.2 Å². The minimum Gasteiger partial charge on any atom is -0.462 e. The van der Waals surface area contributed by atoms with E-state index in [2.05, 4.69) is 4.84 Å². The molecule has 1 rings (SSSR count). The van der Waals surface area contributed by atoms with Crippen molar-refractivity contribution in [2.24, 2.45) is 5.90 Å². The average Bonchev–Trinajstić information content (AvgIpc) is 2.53. The fourth-order valence-corrected chi connectivity index (χ4v) is 0.683. The first-order valence-corrected chi connectivity index (χ1v) is 3.49. The molecular weight excluding hydrogens is 162 g/mol. The van der Waals surface area contributed by atoms with E-state index < -0.39 is 6.10 Å². The highest BCUT2D eigenvalue weighted by Crippen LogP contribution is 2.09. The van der Waals surface area contributed by atoms with Gasteiger partial charge in [0.25, 0.3) is 5.95 Å². The van der Waals surface area contributed by atoms with Gasteiger partial charge in [0.05, 0.1) is 12.9 Å². The monoisotopic (exact) mass is 173 g/mol. The summed E-state index contributed by atoms with van der Waals surface area (Å²) >= 11 is 0. The molecule has 0 saturated carbocycles. The van der Waals surface area contributed by atoms with Gasteiger partial charge in [-0.05, 0) is 6.07 Å². The van der Waals surface area contributed by atoms with Crippen molar-refractivity contribution in [3.8, 4) is 5.95 Å². The molecule has 0 aliphatic heterocycles. The summed E-state index contributed by atoms with van der Waals surface area (Å²) in [5, 5.41) is 9.08. The molecule has 0 aliphatic rings. The van der Waals surface area contributed by atoms with Crippen LogP contribution in [-0.2, 0) is 4.84 Å². The van der Waals surface area contributed by atoms with Crippen LogP contribution in [0.15, 0.2) is 22.8 Å². The Bertz CT molecular complexity index is 199. The number of hydrogen-bond acceptors (Lipinski definition) is 5. The van der Waals surface area contributed by atoms with Crippen molar-refractivity contribution in [1.29, 1.82) is 0 Å². The molecule has 0 unspecified atom stereocenters. The van der Waals surface area contributed by atoms with Crippen LogP contribution < -0.4 is 10.6 Å². The van der Waals surface area contributed by atoms with Gasteiger partial charge in [0.15, 0.2) is 0 Å². The predicted octanol–water partition coefficient (Wildman–Crippen LogP) is -0.0904. The van der Waals surface area contributed by atoms with Crippen LogP contribution in [-0.4, -0.2) is 24.4 Å². The molecule has 1 atom stereocenters. The Labute approximate surface area is 69.6 Å². The van der Waals surface area contributed by atoms with Gasteiger partial charge in [0.1, 0.15) is 12.7 Å². The minimum absolute atomic E-state index is 0.0424. The number of nitrogens with two attached hydrogens (primary N) is 1. The van der Waals surface area contributed by atoms with Crippen LogP contribution in [0.5, 0.6) is 5.95 Å². The molecule has 12 heavy (non-hydrogen) atoms. The maximum Gasteiger partial charge on any atom is 0.284 e. The number of ether oxygens (including phenoxy) is 1. The van der Waals surface area contributed by atoms with Gasteiger partial charge in [-0.15, -0.1) is 0 Å². The maximum absolute atomic E-state index is 9.08.